The molecule has 178 valence electrons. The second-order valence-corrected chi connectivity index (χ2v) is 10.5. The van der Waals surface area contributed by atoms with Crippen molar-refractivity contribution < 1.29 is 19.4 Å². The van der Waals surface area contributed by atoms with Crippen molar-refractivity contribution in [2.24, 2.45) is 5.92 Å². The van der Waals surface area contributed by atoms with Crippen LogP contribution in [0.4, 0.5) is 0 Å². The molecule has 0 unspecified atom stereocenters. The van der Waals surface area contributed by atoms with Gasteiger partial charge in [0, 0.05) is 15.8 Å². The van der Waals surface area contributed by atoms with Crippen LogP contribution in [0.3, 0.4) is 0 Å². The Morgan fingerprint density at radius 3 is 2.35 bits per heavy atom. The Morgan fingerprint density at radius 2 is 1.71 bits per heavy atom. The Morgan fingerprint density at radius 1 is 1.00 bits per heavy atom. The summed E-state index contributed by atoms with van der Waals surface area (Å²) < 4.78 is 5.34. The van der Waals surface area contributed by atoms with E-state index in [2.05, 4.69) is 42.6 Å². The SMILES string of the molecule is COc1cccc(-c2ccc(Cc3c(C)sc(C)c3C(=O)NC3CCC(C(=O)O)CC3)cc2)c1. The summed E-state index contributed by atoms with van der Waals surface area (Å²) in [6, 6.07) is 16.5. The van der Waals surface area contributed by atoms with Gasteiger partial charge in [-0.15, -0.1) is 11.3 Å². The van der Waals surface area contributed by atoms with Gasteiger partial charge in [0.2, 0.25) is 0 Å². The minimum absolute atomic E-state index is 0.0383. The van der Waals surface area contributed by atoms with E-state index in [1.165, 1.54) is 0 Å². The van der Waals surface area contributed by atoms with Crippen molar-refractivity contribution in [3.05, 3.63) is 75.0 Å². The van der Waals surface area contributed by atoms with Gasteiger partial charge in [-0.1, -0.05) is 36.4 Å². The van der Waals surface area contributed by atoms with Crippen molar-refractivity contribution >= 4 is 23.2 Å². The third kappa shape index (κ3) is 5.33. The number of nitrogens with one attached hydrogen (secondary N) is 1. The number of aliphatic carboxylic acids is 1. The number of ether oxygens (including phenoxy) is 1. The van der Waals surface area contributed by atoms with E-state index < -0.39 is 5.97 Å². The molecule has 2 aromatic carbocycles. The molecule has 1 saturated carbocycles. The van der Waals surface area contributed by atoms with Crippen LogP contribution in [0.5, 0.6) is 5.75 Å². The zero-order valence-electron chi connectivity index (χ0n) is 19.9. The highest BCUT2D eigenvalue weighted by Crippen LogP contribution is 2.32. The third-order valence-corrected chi connectivity index (χ3v) is 7.82. The fraction of sp³-hybridized carbons (Fsp3) is 0.357. The number of benzene rings is 2. The van der Waals surface area contributed by atoms with Crippen LogP contribution >= 0.6 is 11.3 Å². The molecule has 0 aliphatic heterocycles. The van der Waals surface area contributed by atoms with Crippen molar-refractivity contribution in [2.75, 3.05) is 7.11 Å². The number of carboxylic acids is 1. The number of rotatable bonds is 7. The van der Waals surface area contributed by atoms with Crippen molar-refractivity contribution in [1.82, 2.24) is 5.32 Å². The molecule has 0 spiro atoms. The van der Waals surface area contributed by atoms with Gasteiger partial charge in [0.1, 0.15) is 5.75 Å². The minimum Gasteiger partial charge on any atom is -0.497 e. The molecule has 0 radical (unpaired) electrons. The van der Waals surface area contributed by atoms with Crippen LogP contribution in [0.1, 0.15) is 56.9 Å². The van der Waals surface area contributed by atoms with Gasteiger partial charge in [0.05, 0.1) is 18.6 Å². The molecule has 1 fully saturated rings. The maximum absolute atomic E-state index is 13.2. The van der Waals surface area contributed by atoms with E-state index in [1.54, 1.807) is 18.4 Å². The normalized spacial score (nSPS) is 17.9. The Kier molecular flexibility index (Phi) is 7.37. The van der Waals surface area contributed by atoms with E-state index in [9.17, 15) is 14.7 Å². The molecule has 0 bridgehead atoms. The van der Waals surface area contributed by atoms with Crippen LogP contribution in [-0.4, -0.2) is 30.1 Å². The first-order valence-electron chi connectivity index (χ1n) is 11.7. The topological polar surface area (TPSA) is 75.6 Å². The minimum atomic E-state index is -0.728. The average Bonchev–Trinajstić information content (AvgIpc) is 3.12. The second kappa shape index (κ2) is 10.4. The van der Waals surface area contributed by atoms with E-state index in [1.807, 2.05) is 25.1 Å². The lowest BCUT2D eigenvalue weighted by atomic mass is 9.86. The lowest BCUT2D eigenvalue weighted by Gasteiger charge is -2.27. The van der Waals surface area contributed by atoms with Crippen LogP contribution in [-0.2, 0) is 11.2 Å². The molecule has 34 heavy (non-hydrogen) atoms. The van der Waals surface area contributed by atoms with Crippen molar-refractivity contribution in [1.29, 1.82) is 0 Å². The standard InChI is InChI=1S/C28H31NO4S/c1-17-25(15-19-7-9-20(10-8-19)22-5-4-6-24(16-22)33-3)26(18(2)34-17)27(30)29-23-13-11-21(12-14-23)28(31)32/h4-10,16,21,23H,11-15H2,1-3H3,(H,29,30)(H,31,32). The molecule has 0 atom stereocenters. The lowest BCUT2D eigenvalue weighted by Crippen LogP contribution is -2.39. The van der Waals surface area contributed by atoms with Crippen LogP contribution in [0.25, 0.3) is 11.1 Å². The Balaban J connectivity index is 1.48. The highest BCUT2D eigenvalue weighted by atomic mass is 32.1. The molecule has 1 heterocycles. The number of carbonyl (C=O) groups is 2. The van der Waals surface area contributed by atoms with Gasteiger partial charge >= 0.3 is 5.97 Å². The number of aryl methyl sites for hydroxylation is 2. The smallest absolute Gasteiger partial charge is 0.306 e. The summed E-state index contributed by atoms with van der Waals surface area (Å²) in [7, 11) is 1.67. The molecule has 1 aromatic heterocycles. The van der Waals surface area contributed by atoms with Gasteiger partial charge < -0.3 is 15.2 Å². The number of hydrogen-bond donors (Lipinski definition) is 2. The zero-order valence-corrected chi connectivity index (χ0v) is 20.7. The molecule has 1 aliphatic carbocycles. The van der Waals surface area contributed by atoms with Gasteiger partial charge in [0.15, 0.2) is 0 Å². The molecular formula is C28H31NO4S. The Bertz CT molecular complexity index is 1170. The highest BCUT2D eigenvalue weighted by Gasteiger charge is 2.28. The number of thiophene rings is 1. The number of amides is 1. The first-order chi connectivity index (χ1) is 16.4. The molecule has 1 aliphatic rings. The molecule has 1 amide bonds. The van der Waals surface area contributed by atoms with Crippen LogP contribution in [0.15, 0.2) is 48.5 Å². The average molecular weight is 478 g/mol. The van der Waals surface area contributed by atoms with Crippen molar-refractivity contribution in [2.45, 2.75) is 52.0 Å². The van der Waals surface area contributed by atoms with Gasteiger partial charge in [0.25, 0.3) is 5.91 Å². The van der Waals surface area contributed by atoms with E-state index in [4.69, 9.17) is 4.74 Å². The molecule has 2 N–H and O–H groups in total. The summed E-state index contributed by atoms with van der Waals surface area (Å²) in [5, 5.41) is 12.4. The van der Waals surface area contributed by atoms with Crippen LogP contribution in [0.2, 0.25) is 0 Å². The quantitative estimate of drug-likeness (QED) is 0.437. The fourth-order valence-electron chi connectivity index (χ4n) is 4.80. The number of methoxy groups -OCH3 is 1. The first-order valence-corrected chi connectivity index (χ1v) is 12.5. The molecule has 0 saturated heterocycles. The predicted octanol–water partition coefficient (Wildman–Crippen LogP) is 6.00. The van der Waals surface area contributed by atoms with Crippen LogP contribution in [0, 0.1) is 19.8 Å². The maximum atomic E-state index is 13.2. The van der Waals surface area contributed by atoms with E-state index in [0.29, 0.717) is 32.1 Å². The first kappa shape index (κ1) is 24.0. The van der Waals surface area contributed by atoms with Crippen molar-refractivity contribution in [3.8, 4) is 16.9 Å². The summed E-state index contributed by atoms with van der Waals surface area (Å²) in [6.07, 6.45) is 3.36. The zero-order chi connectivity index (χ0) is 24.2. The summed E-state index contributed by atoms with van der Waals surface area (Å²) in [5.74, 6) is -0.218. The van der Waals surface area contributed by atoms with Gasteiger partial charge in [-0.05, 0) is 80.3 Å². The fourth-order valence-corrected chi connectivity index (χ4v) is 5.88. The monoisotopic (exact) mass is 477 g/mol. The summed E-state index contributed by atoms with van der Waals surface area (Å²) in [4.78, 5) is 26.6. The number of hydrogen-bond acceptors (Lipinski definition) is 4. The van der Waals surface area contributed by atoms with E-state index >= 15 is 0 Å². The number of carboxylic acid groups (broad SMARTS) is 1. The Labute approximate surface area is 204 Å². The number of carbonyl (C=O) groups excluding carboxylic acids is 1. The summed E-state index contributed by atoms with van der Waals surface area (Å²) >= 11 is 1.66. The van der Waals surface area contributed by atoms with E-state index in [-0.39, 0.29) is 17.9 Å². The lowest BCUT2D eigenvalue weighted by molar-refractivity contribution is -0.142. The van der Waals surface area contributed by atoms with Crippen molar-refractivity contribution in [3.63, 3.8) is 0 Å². The molecule has 3 aromatic rings. The predicted molar refractivity (Wildman–Crippen MR) is 136 cm³/mol. The van der Waals surface area contributed by atoms with Crippen LogP contribution < -0.4 is 10.1 Å². The largest absolute Gasteiger partial charge is 0.497 e. The van der Waals surface area contributed by atoms with Gasteiger partial charge in [-0.3, -0.25) is 9.59 Å². The maximum Gasteiger partial charge on any atom is 0.306 e. The molecule has 6 heteroatoms. The van der Waals surface area contributed by atoms with E-state index in [0.717, 1.165) is 43.3 Å². The highest BCUT2D eigenvalue weighted by molar-refractivity contribution is 7.12. The molecule has 4 rings (SSSR count). The second-order valence-electron chi connectivity index (χ2n) is 9.03. The molecular weight excluding hydrogens is 446 g/mol. The summed E-state index contributed by atoms with van der Waals surface area (Å²) in [5.41, 5.74) is 5.23. The Hall–Kier alpha value is -3.12. The van der Waals surface area contributed by atoms with Gasteiger partial charge in [-0.2, -0.15) is 0 Å². The van der Waals surface area contributed by atoms with Gasteiger partial charge in [-0.25, -0.2) is 0 Å². The third-order valence-electron chi connectivity index (χ3n) is 6.76. The summed E-state index contributed by atoms with van der Waals surface area (Å²) in [6.45, 7) is 4.08. The molecule has 5 nitrogen and oxygen atoms in total.